The largest absolute Gasteiger partial charge is 0.461 e. The van der Waals surface area contributed by atoms with Crippen LogP contribution < -0.4 is 5.32 Å². The van der Waals surface area contributed by atoms with E-state index in [2.05, 4.69) is 21.4 Å². The van der Waals surface area contributed by atoms with Gasteiger partial charge in [0, 0.05) is 11.8 Å². The van der Waals surface area contributed by atoms with Crippen LogP contribution in [0, 0.1) is 0 Å². The van der Waals surface area contributed by atoms with Gasteiger partial charge in [-0.2, -0.15) is 0 Å². The molecule has 0 aliphatic heterocycles. The quantitative estimate of drug-likeness (QED) is 0.459. The Hall–Kier alpha value is -2.32. The van der Waals surface area contributed by atoms with Crippen LogP contribution in [0.5, 0.6) is 0 Å². The fourth-order valence-corrected chi connectivity index (χ4v) is 4.11. The molecular weight excluding hydrogens is 370 g/mol. The van der Waals surface area contributed by atoms with E-state index in [1.807, 2.05) is 18.2 Å². The van der Waals surface area contributed by atoms with E-state index in [9.17, 15) is 9.59 Å². The SMILES string of the molecule is CCOC(=O)c1csc(NC(=O)CCCCc2nc3ccccc3s2)n1. The fourth-order valence-electron chi connectivity index (χ4n) is 2.40. The molecule has 3 rings (SSSR count). The van der Waals surface area contributed by atoms with Gasteiger partial charge in [-0.15, -0.1) is 22.7 Å². The van der Waals surface area contributed by atoms with E-state index in [1.54, 1.807) is 23.6 Å². The van der Waals surface area contributed by atoms with Gasteiger partial charge in [-0.1, -0.05) is 12.1 Å². The Kier molecular flexibility index (Phi) is 6.30. The monoisotopic (exact) mass is 389 g/mol. The molecule has 8 heteroatoms. The van der Waals surface area contributed by atoms with Gasteiger partial charge in [-0.05, 0) is 38.3 Å². The van der Waals surface area contributed by atoms with E-state index >= 15 is 0 Å². The van der Waals surface area contributed by atoms with Crippen LogP contribution in [0.15, 0.2) is 29.6 Å². The van der Waals surface area contributed by atoms with Crippen molar-refractivity contribution in [2.45, 2.75) is 32.6 Å². The Balaban J connectivity index is 1.41. The highest BCUT2D eigenvalue weighted by molar-refractivity contribution is 7.18. The van der Waals surface area contributed by atoms with Crippen molar-refractivity contribution >= 4 is 49.9 Å². The fraction of sp³-hybridized carbons (Fsp3) is 0.333. The first-order chi connectivity index (χ1) is 12.7. The molecule has 0 unspecified atom stereocenters. The van der Waals surface area contributed by atoms with Gasteiger partial charge in [0.25, 0.3) is 0 Å². The summed E-state index contributed by atoms with van der Waals surface area (Å²) in [6.07, 6.45) is 2.97. The number of benzene rings is 1. The second kappa shape index (κ2) is 8.86. The average molecular weight is 390 g/mol. The maximum atomic E-state index is 12.0. The molecule has 3 aromatic rings. The molecule has 1 aromatic carbocycles. The summed E-state index contributed by atoms with van der Waals surface area (Å²) in [5.41, 5.74) is 1.26. The molecule has 1 amide bonds. The number of nitrogens with zero attached hydrogens (tertiary/aromatic N) is 2. The Morgan fingerprint density at radius 2 is 2.04 bits per heavy atom. The number of rotatable bonds is 8. The number of carbonyl (C=O) groups is 2. The van der Waals surface area contributed by atoms with Crippen LogP contribution in [0.3, 0.4) is 0 Å². The van der Waals surface area contributed by atoms with E-state index in [0.29, 0.717) is 18.2 Å². The summed E-state index contributed by atoms with van der Waals surface area (Å²) >= 11 is 2.92. The van der Waals surface area contributed by atoms with Crippen LogP contribution in [-0.2, 0) is 16.0 Å². The van der Waals surface area contributed by atoms with Crippen molar-refractivity contribution in [1.29, 1.82) is 0 Å². The summed E-state index contributed by atoms with van der Waals surface area (Å²) in [7, 11) is 0. The molecule has 0 atom stereocenters. The Labute approximate surface area is 159 Å². The summed E-state index contributed by atoms with van der Waals surface area (Å²) in [5.74, 6) is -0.570. The zero-order valence-electron chi connectivity index (χ0n) is 14.4. The van der Waals surface area contributed by atoms with Crippen molar-refractivity contribution in [3.8, 4) is 0 Å². The Morgan fingerprint density at radius 1 is 1.19 bits per heavy atom. The predicted molar refractivity (Wildman–Crippen MR) is 104 cm³/mol. The minimum atomic E-state index is -0.472. The molecular formula is C18H19N3O3S2. The number of carbonyl (C=O) groups excluding carboxylic acids is 2. The molecule has 6 nitrogen and oxygen atoms in total. The van der Waals surface area contributed by atoms with E-state index in [4.69, 9.17) is 4.74 Å². The molecule has 0 spiro atoms. The minimum absolute atomic E-state index is 0.0981. The second-order valence-electron chi connectivity index (χ2n) is 5.59. The standard InChI is InChI=1S/C18H19N3O3S2/c1-2-24-17(23)13-11-25-18(20-13)21-15(22)9-5-6-10-16-19-12-7-3-4-8-14(12)26-16/h3-4,7-8,11H,2,5-6,9-10H2,1H3,(H,20,21,22). The summed E-state index contributed by atoms with van der Waals surface area (Å²) in [5, 5.41) is 5.83. The van der Waals surface area contributed by atoms with E-state index in [1.165, 1.54) is 16.0 Å². The van der Waals surface area contributed by atoms with Crippen molar-refractivity contribution in [1.82, 2.24) is 9.97 Å². The minimum Gasteiger partial charge on any atom is -0.461 e. The third-order valence-electron chi connectivity index (χ3n) is 3.62. The normalized spacial score (nSPS) is 10.8. The highest BCUT2D eigenvalue weighted by atomic mass is 32.1. The van der Waals surface area contributed by atoms with Gasteiger partial charge in [-0.3, -0.25) is 4.79 Å². The first-order valence-electron chi connectivity index (χ1n) is 8.42. The third-order valence-corrected chi connectivity index (χ3v) is 5.47. The number of para-hydroxylation sites is 1. The number of amides is 1. The summed E-state index contributed by atoms with van der Waals surface area (Å²) in [6.45, 7) is 2.04. The van der Waals surface area contributed by atoms with Crippen LogP contribution in [0.1, 0.15) is 41.7 Å². The molecule has 136 valence electrons. The van der Waals surface area contributed by atoms with Crippen LogP contribution in [0.4, 0.5) is 5.13 Å². The topological polar surface area (TPSA) is 81.2 Å². The Morgan fingerprint density at radius 3 is 2.85 bits per heavy atom. The number of thiazole rings is 2. The second-order valence-corrected chi connectivity index (χ2v) is 7.56. The van der Waals surface area contributed by atoms with Crippen molar-refractivity contribution < 1.29 is 14.3 Å². The number of ether oxygens (including phenoxy) is 1. The van der Waals surface area contributed by atoms with Gasteiger partial charge < -0.3 is 10.1 Å². The number of aromatic nitrogens is 2. The molecule has 26 heavy (non-hydrogen) atoms. The number of nitrogens with one attached hydrogen (secondary N) is 1. The van der Waals surface area contributed by atoms with Gasteiger partial charge in [0.05, 0.1) is 21.8 Å². The lowest BCUT2D eigenvalue weighted by molar-refractivity contribution is -0.116. The van der Waals surface area contributed by atoms with Gasteiger partial charge in [-0.25, -0.2) is 14.8 Å². The molecule has 0 aliphatic carbocycles. The smallest absolute Gasteiger partial charge is 0.357 e. The third kappa shape index (κ3) is 4.86. The van der Waals surface area contributed by atoms with Gasteiger partial charge >= 0.3 is 5.97 Å². The van der Waals surface area contributed by atoms with E-state index in [-0.39, 0.29) is 11.6 Å². The number of hydrogen-bond donors (Lipinski definition) is 1. The van der Waals surface area contributed by atoms with Crippen LogP contribution >= 0.6 is 22.7 Å². The zero-order valence-corrected chi connectivity index (χ0v) is 16.0. The van der Waals surface area contributed by atoms with Gasteiger partial charge in [0.2, 0.25) is 5.91 Å². The number of hydrogen-bond acceptors (Lipinski definition) is 7. The first kappa shape index (κ1) is 18.5. The summed E-state index contributed by atoms with van der Waals surface area (Å²) < 4.78 is 6.07. The molecule has 0 bridgehead atoms. The molecule has 2 heterocycles. The van der Waals surface area contributed by atoms with E-state index in [0.717, 1.165) is 29.8 Å². The highest BCUT2D eigenvalue weighted by Gasteiger charge is 2.13. The first-order valence-corrected chi connectivity index (χ1v) is 10.1. The lowest BCUT2D eigenvalue weighted by Crippen LogP contribution is -2.11. The Bertz CT molecular complexity index is 871. The van der Waals surface area contributed by atoms with Crippen molar-refractivity contribution in [3.05, 3.63) is 40.3 Å². The maximum absolute atomic E-state index is 12.0. The number of unbranched alkanes of at least 4 members (excludes halogenated alkanes) is 1. The van der Waals surface area contributed by atoms with Crippen LogP contribution in [0.2, 0.25) is 0 Å². The highest BCUT2D eigenvalue weighted by Crippen LogP contribution is 2.23. The number of anilines is 1. The van der Waals surface area contributed by atoms with Gasteiger partial charge in [0.1, 0.15) is 0 Å². The molecule has 1 N–H and O–H groups in total. The van der Waals surface area contributed by atoms with Crippen molar-refractivity contribution in [2.24, 2.45) is 0 Å². The number of esters is 1. The summed E-state index contributed by atoms with van der Waals surface area (Å²) in [6, 6.07) is 8.09. The zero-order chi connectivity index (χ0) is 18.4. The van der Waals surface area contributed by atoms with Crippen molar-refractivity contribution in [3.63, 3.8) is 0 Å². The average Bonchev–Trinajstić information content (AvgIpc) is 3.25. The summed E-state index contributed by atoms with van der Waals surface area (Å²) in [4.78, 5) is 32.2. The number of aryl methyl sites for hydroxylation is 1. The van der Waals surface area contributed by atoms with E-state index < -0.39 is 5.97 Å². The molecule has 0 radical (unpaired) electrons. The van der Waals surface area contributed by atoms with Crippen LogP contribution in [-0.4, -0.2) is 28.5 Å². The lowest BCUT2D eigenvalue weighted by atomic mass is 10.2. The molecule has 0 fully saturated rings. The predicted octanol–water partition coefficient (Wildman–Crippen LogP) is 4.28. The molecule has 0 saturated carbocycles. The molecule has 2 aromatic heterocycles. The lowest BCUT2D eigenvalue weighted by Gasteiger charge is -2.01. The maximum Gasteiger partial charge on any atom is 0.357 e. The van der Waals surface area contributed by atoms with Gasteiger partial charge in [0.15, 0.2) is 10.8 Å². The molecule has 0 aliphatic rings. The van der Waals surface area contributed by atoms with Crippen molar-refractivity contribution in [2.75, 3.05) is 11.9 Å². The molecule has 0 saturated heterocycles. The number of fused-ring (bicyclic) bond motifs is 1. The van der Waals surface area contributed by atoms with Crippen LogP contribution in [0.25, 0.3) is 10.2 Å².